The van der Waals surface area contributed by atoms with Gasteiger partial charge in [0.2, 0.25) is 0 Å². The van der Waals surface area contributed by atoms with Crippen molar-refractivity contribution in [3.63, 3.8) is 0 Å². The Labute approximate surface area is 150 Å². The van der Waals surface area contributed by atoms with Gasteiger partial charge in [-0.25, -0.2) is 0 Å². The van der Waals surface area contributed by atoms with E-state index in [9.17, 15) is 14.4 Å². The van der Waals surface area contributed by atoms with Crippen molar-refractivity contribution in [2.45, 2.75) is 0 Å². The van der Waals surface area contributed by atoms with Gasteiger partial charge < -0.3 is 14.2 Å². The standard InChI is InChI=1S/C19H17NO6/c1-24-16-8-7-12(9-17(16)25-2)14(21)10-20-18(22)11-26-15-6-4-3-5-13(15)19(20)23/h3-9H,10-11H2,1-2H3. The summed E-state index contributed by atoms with van der Waals surface area (Å²) in [5, 5.41) is 0. The molecule has 0 bridgehead atoms. The average molecular weight is 355 g/mol. The summed E-state index contributed by atoms with van der Waals surface area (Å²) >= 11 is 0. The van der Waals surface area contributed by atoms with Crippen molar-refractivity contribution in [3.05, 3.63) is 53.6 Å². The van der Waals surface area contributed by atoms with Gasteiger partial charge in [0, 0.05) is 5.56 Å². The zero-order chi connectivity index (χ0) is 18.7. The summed E-state index contributed by atoms with van der Waals surface area (Å²) < 4.78 is 15.7. The second-order valence-electron chi connectivity index (χ2n) is 5.56. The number of benzene rings is 2. The third-order valence-electron chi connectivity index (χ3n) is 4.02. The molecule has 0 saturated heterocycles. The number of ketones is 1. The summed E-state index contributed by atoms with van der Waals surface area (Å²) in [5.74, 6) is -0.329. The first-order valence-electron chi connectivity index (χ1n) is 7.87. The molecule has 0 spiro atoms. The number of hydrogen-bond acceptors (Lipinski definition) is 6. The van der Waals surface area contributed by atoms with Crippen LogP contribution in [0.25, 0.3) is 0 Å². The fraction of sp³-hybridized carbons (Fsp3) is 0.211. The van der Waals surface area contributed by atoms with Crippen LogP contribution in [0.1, 0.15) is 20.7 Å². The van der Waals surface area contributed by atoms with E-state index in [0.717, 1.165) is 4.90 Å². The first kappa shape index (κ1) is 17.5. The highest BCUT2D eigenvalue weighted by atomic mass is 16.5. The molecule has 0 atom stereocenters. The number of Topliss-reactive ketones (excluding diaryl/α,β-unsaturated/α-hetero) is 1. The van der Waals surface area contributed by atoms with E-state index in [1.54, 1.807) is 36.4 Å². The van der Waals surface area contributed by atoms with Crippen LogP contribution in [0.5, 0.6) is 17.2 Å². The van der Waals surface area contributed by atoms with Crippen molar-refractivity contribution in [2.24, 2.45) is 0 Å². The minimum Gasteiger partial charge on any atom is -0.493 e. The van der Waals surface area contributed by atoms with E-state index in [4.69, 9.17) is 14.2 Å². The van der Waals surface area contributed by atoms with Gasteiger partial charge in [-0.2, -0.15) is 0 Å². The molecule has 1 heterocycles. The molecule has 2 aromatic carbocycles. The van der Waals surface area contributed by atoms with Crippen molar-refractivity contribution in [3.8, 4) is 17.2 Å². The Kier molecular flexibility index (Phi) is 4.88. The fourth-order valence-electron chi connectivity index (χ4n) is 2.65. The summed E-state index contributed by atoms with van der Waals surface area (Å²) in [6.07, 6.45) is 0. The maximum Gasteiger partial charge on any atom is 0.267 e. The number of ether oxygens (including phenoxy) is 3. The van der Waals surface area contributed by atoms with Crippen LogP contribution < -0.4 is 14.2 Å². The van der Waals surface area contributed by atoms with Crippen LogP contribution in [0, 0.1) is 0 Å². The molecule has 2 amide bonds. The van der Waals surface area contributed by atoms with Gasteiger partial charge >= 0.3 is 0 Å². The molecular weight excluding hydrogens is 338 g/mol. The lowest BCUT2D eigenvalue weighted by atomic mass is 10.1. The Hall–Kier alpha value is -3.35. The van der Waals surface area contributed by atoms with E-state index in [2.05, 4.69) is 0 Å². The third-order valence-corrected chi connectivity index (χ3v) is 4.02. The van der Waals surface area contributed by atoms with Crippen LogP contribution in [0.2, 0.25) is 0 Å². The molecule has 0 unspecified atom stereocenters. The number of hydrogen-bond donors (Lipinski definition) is 0. The number of carbonyl (C=O) groups excluding carboxylic acids is 3. The minimum atomic E-state index is -0.569. The van der Waals surface area contributed by atoms with Gasteiger partial charge in [-0.05, 0) is 30.3 Å². The van der Waals surface area contributed by atoms with Crippen molar-refractivity contribution in [2.75, 3.05) is 27.4 Å². The van der Waals surface area contributed by atoms with Crippen molar-refractivity contribution >= 4 is 17.6 Å². The van der Waals surface area contributed by atoms with Gasteiger partial charge in [0.15, 0.2) is 23.9 Å². The number of imide groups is 1. The third kappa shape index (κ3) is 3.23. The van der Waals surface area contributed by atoms with Gasteiger partial charge in [-0.15, -0.1) is 0 Å². The Bertz CT molecular complexity index is 876. The van der Waals surface area contributed by atoms with Gasteiger partial charge in [-0.1, -0.05) is 12.1 Å². The average Bonchev–Trinajstić information content (AvgIpc) is 2.79. The molecule has 2 aromatic rings. The molecule has 0 aromatic heterocycles. The molecule has 0 saturated carbocycles. The molecule has 0 aliphatic carbocycles. The van der Waals surface area contributed by atoms with E-state index in [-0.39, 0.29) is 18.7 Å². The van der Waals surface area contributed by atoms with E-state index in [1.807, 2.05) is 0 Å². The number of carbonyl (C=O) groups is 3. The topological polar surface area (TPSA) is 82.1 Å². The van der Waals surface area contributed by atoms with Crippen LogP contribution >= 0.6 is 0 Å². The largest absolute Gasteiger partial charge is 0.493 e. The monoisotopic (exact) mass is 355 g/mol. The Morgan fingerprint density at radius 3 is 2.54 bits per heavy atom. The molecule has 26 heavy (non-hydrogen) atoms. The van der Waals surface area contributed by atoms with Crippen LogP contribution in [-0.2, 0) is 4.79 Å². The van der Waals surface area contributed by atoms with Crippen LogP contribution in [0.15, 0.2) is 42.5 Å². The molecule has 0 fully saturated rings. The lowest BCUT2D eigenvalue weighted by Crippen LogP contribution is -2.41. The first-order chi connectivity index (χ1) is 12.5. The smallest absolute Gasteiger partial charge is 0.267 e. The number of nitrogens with zero attached hydrogens (tertiary/aromatic N) is 1. The Morgan fingerprint density at radius 2 is 1.81 bits per heavy atom. The number of para-hydroxylation sites is 1. The van der Waals surface area contributed by atoms with E-state index < -0.39 is 17.6 Å². The zero-order valence-electron chi connectivity index (χ0n) is 14.4. The lowest BCUT2D eigenvalue weighted by molar-refractivity contribution is -0.129. The Balaban J connectivity index is 1.86. The number of rotatable bonds is 5. The highest BCUT2D eigenvalue weighted by molar-refractivity contribution is 6.11. The highest BCUT2D eigenvalue weighted by Crippen LogP contribution is 2.28. The van der Waals surface area contributed by atoms with Crippen LogP contribution in [0.4, 0.5) is 0 Å². The summed E-state index contributed by atoms with van der Waals surface area (Å²) in [6.45, 7) is -0.688. The van der Waals surface area contributed by atoms with Crippen LogP contribution in [0.3, 0.4) is 0 Å². The fourth-order valence-corrected chi connectivity index (χ4v) is 2.65. The predicted molar refractivity (Wildman–Crippen MR) is 91.9 cm³/mol. The van der Waals surface area contributed by atoms with Gasteiger partial charge in [0.05, 0.1) is 26.3 Å². The summed E-state index contributed by atoms with van der Waals surface area (Å²) in [4.78, 5) is 38.5. The summed E-state index contributed by atoms with van der Waals surface area (Å²) in [6, 6.07) is 11.2. The predicted octanol–water partition coefficient (Wildman–Crippen LogP) is 1.95. The SMILES string of the molecule is COc1ccc(C(=O)CN2C(=O)COc3ccccc3C2=O)cc1OC. The summed E-state index contributed by atoms with van der Waals surface area (Å²) in [5.41, 5.74) is 0.556. The lowest BCUT2D eigenvalue weighted by Gasteiger charge is -2.17. The van der Waals surface area contributed by atoms with E-state index in [1.165, 1.54) is 20.3 Å². The second-order valence-corrected chi connectivity index (χ2v) is 5.56. The molecule has 1 aliphatic rings. The molecule has 134 valence electrons. The normalized spacial score (nSPS) is 13.5. The zero-order valence-corrected chi connectivity index (χ0v) is 14.4. The first-order valence-corrected chi connectivity index (χ1v) is 7.87. The van der Waals surface area contributed by atoms with Crippen molar-refractivity contribution < 1.29 is 28.6 Å². The molecule has 7 nitrogen and oxygen atoms in total. The molecule has 1 aliphatic heterocycles. The van der Waals surface area contributed by atoms with E-state index in [0.29, 0.717) is 22.8 Å². The van der Waals surface area contributed by atoms with E-state index >= 15 is 0 Å². The maximum absolute atomic E-state index is 12.7. The summed E-state index contributed by atoms with van der Waals surface area (Å²) in [7, 11) is 2.95. The van der Waals surface area contributed by atoms with Crippen molar-refractivity contribution in [1.82, 2.24) is 4.90 Å². The van der Waals surface area contributed by atoms with Gasteiger partial charge in [0.25, 0.3) is 11.8 Å². The Morgan fingerprint density at radius 1 is 1.08 bits per heavy atom. The highest BCUT2D eigenvalue weighted by Gasteiger charge is 2.31. The molecule has 0 radical (unpaired) electrons. The number of fused-ring (bicyclic) bond motifs is 1. The maximum atomic E-state index is 12.7. The molecule has 0 N–H and O–H groups in total. The molecular formula is C19H17NO6. The number of methoxy groups -OCH3 is 2. The van der Waals surface area contributed by atoms with Crippen molar-refractivity contribution in [1.29, 1.82) is 0 Å². The quantitative estimate of drug-likeness (QED) is 0.602. The van der Waals surface area contributed by atoms with Gasteiger partial charge in [-0.3, -0.25) is 19.3 Å². The minimum absolute atomic E-state index is 0.249. The van der Waals surface area contributed by atoms with Crippen LogP contribution in [-0.4, -0.2) is 49.9 Å². The number of amides is 2. The molecule has 3 rings (SSSR count). The molecule has 7 heteroatoms. The second kappa shape index (κ2) is 7.26. The van der Waals surface area contributed by atoms with Gasteiger partial charge in [0.1, 0.15) is 5.75 Å².